The molecule has 0 aliphatic rings. The first kappa shape index (κ1) is 16.2. The average Bonchev–Trinajstić information content (AvgIpc) is 2.37. The van der Waals surface area contributed by atoms with Crippen molar-refractivity contribution in [3.05, 3.63) is 63.1 Å². The number of para-hydroxylation sites is 1. The van der Waals surface area contributed by atoms with Crippen molar-refractivity contribution in [2.75, 3.05) is 5.32 Å². The number of nitrogens with one attached hydrogen (secondary N) is 1. The van der Waals surface area contributed by atoms with Crippen molar-refractivity contribution >= 4 is 33.2 Å². The summed E-state index contributed by atoms with van der Waals surface area (Å²) in [4.78, 5) is 0. The summed E-state index contributed by atoms with van der Waals surface area (Å²) < 4.78 is 39.7. The maximum absolute atomic E-state index is 13.0. The molecule has 0 amide bonds. The van der Waals surface area contributed by atoms with Gasteiger partial charge in [0, 0.05) is 15.2 Å². The summed E-state index contributed by atoms with van der Waals surface area (Å²) >= 11 is 9.42. The van der Waals surface area contributed by atoms with Crippen LogP contribution in [0.2, 0.25) is 5.02 Å². The van der Waals surface area contributed by atoms with Gasteiger partial charge in [0.2, 0.25) is 0 Å². The molecule has 2 aromatic carbocycles. The number of halogens is 5. The van der Waals surface area contributed by atoms with Crippen molar-refractivity contribution in [2.45, 2.75) is 19.1 Å². The van der Waals surface area contributed by atoms with Crippen molar-refractivity contribution in [3.8, 4) is 0 Å². The standard InChI is InChI=1S/C15H12BrClF3N/c1-9(11-7-6-10(16)8-13(11)17)21-14-5-3-2-4-12(14)15(18,19)20/h2-9,21H,1H3. The zero-order valence-corrected chi connectivity index (χ0v) is 13.4. The highest BCUT2D eigenvalue weighted by Crippen LogP contribution is 2.36. The van der Waals surface area contributed by atoms with Crippen LogP contribution in [0.1, 0.15) is 24.1 Å². The molecule has 0 bridgehead atoms. The lowest BCUT2D eigenvalue weighted by Gasteiger charge is -2.20. The third-order valence-electron chi connectivity index (χ3n) is 3.03. The molecule has 21 heavy (non-hydrogen) atoms. The Morgan fingerprint density at radius 1 is 1.14 bits per heavy atom. The van der Waals surface area contributed by atoms with E-state index in [4.69, 9.17) is 11.6 Å². The van der Waals surface area contributed by atoms with Crippen LogP contribution in [-0.2, 0) is 6.18 Å². The van der Waals surface area contributed by atoms with E-state index >= 15 is 0 Å². The van der Waals surface area contributed by atoms with E-state index in [1.165, 1.54) is 12.1 Å². The third kappa shape index (κ3) is 3.92. The van der Waals surface area contributed by atoms with E-state index in [1.54, 1.807) is 31.2 Å². The number of alkyl halides is 3. The predicted octanol–water partition coefficient (Wildman–Crippen LogP) is 6.29. The van der Waals surface area contributed by atoms with Gasteiger partial charge in [-0.1, -0.05) is 45.7 Å². The summed E-state index contributed by atoms with van der Waals surface area (Å²) in [6.45, 7) is 1.77. The Bertz CT molecular complexity index is 643. The SMILES string of the molecule is CC(Nc1ccccc1C(F)(F)F)c1ccc(Br)cc1Cl. The first-order valence-corrected chi connectivity index (χ1v) is 7.34. The molecule has 1 N–H and O–H groups in total. The molecule has 0 aromatic heterocycles. The summed E-state index contributed by atoms with van der Waals surface area (Å²) in [5.74, 6) is 0. The summed E-state index contributed by atoms with van der Waals surface area (Å²) in [5, 5.41) is 3.37. The van der Waals surface area contributed by atoms with E-state index in [0.717, 1.165) is 16.1 Å². The van der Waals surface area contributed by atoms with Crippen LogP contribution >= 0.6 is 27.5 Å². The van der Waals surface area contributed by atoms with Gasteiger partial charge < -0.3 is 5.32 Å². The Hall–Kier alpha value is -1.20. The van der Waals surface area contributed by atoms with Crippen LogP contribution in [-0.4, -0.2) is 0 Å². The number of rotatable bonds is 3. The fourth-order valence-corrected chi connectivity index (χ4v) is 2.86. The van der Waals surface area contributed by atoms with Gasteiger partial charge in [-0.25, -0.2) is 0 Å². The van der Waals surface area contributed by atoms with Crippen LogP contribution in [0.15, 0.2) is 46.9 Å². The molecular weight excluding hydrogens is 367 g/mol. The minimum absolute atomic E-state index is 0.0384. The molecule has 0 saturated carbocycles. The maximum Gasteiger partial charge on any atom is 0.418 e. The quantitative estimate of drug-likeness (QED) is 0.661. The highest BCUT2D eigenvalue weighted by atomic mass is 79.9. The lowest BCUT2D eigenvalue weighted by Crippen LogP contribution is -2.13. The molecule has 0 heterocycles. The van der Waals surface area contributed by atoms with E-state index < -0.39 is 11.7 Å². The number of hydrogen-bond acceptors (Lipinski definition) is 1. The second kappa shape index (κ2) is 6.28. The second-order valence-corrected chi connectivity index (χ2v) is 5.90. The molecule has 1 unspecified atom stereocenters. The number of benzene rings is 2. The van der Waals surface area contributed by atoms with Gasteiger partial charge in [-0.15, -0.1) is 0 Å². The zero-order valence-electron chi connectivity index (χ0n) is 11.0. The Morgan fingerprint density at radius 2 is 1.81 bits per heavy atom. The second-order valence-electron chi connectivity index (χ2n) is 4.58. The van der Waals surface area contributed by atoms with E-state index in [1.807, 2.05) is 0 Å². The van der Waals surface area contributed by atoms with Crippen molar-refractivity contribution in [3.63, 3.8) is 0 Å². The summed E-state index contributed by atoms with van der Waals surface area (Å²) in [7, 11) is 0. The van der Waals surface area contributed by atoms with Gasteiger partial charge >= 0.3 is 6.18 Å². The van der Waals surface area contributed by atoms with E-state index in [2.05, 4.69) is 21.2 Å². The molecule has 0 saturated heterocycles. The minimum atomic E-state index is -4.40. The average molecular weight is 379 g/mol. The Balaban J connectivity index is 2.30. The highest BCUT2D eigenvalue weighted by molar-refractivity contribution is 9.10. The molecule has 0 radical (unpaired) electrons. The van der Waals surface area contributed by atoms with Gasteiger partial charge in [0.15, 0.2) is 0 Å². The van der Waals surface area contributed by atoms with E-state index in [0.29, 0.717) is 5.02 Å². The van der Waals surface area contributed by atoms with Gasteiger partial charge in [-0.05, 0) is 36.8 Å². The highest BCUT2D eigenvalue weighted by Gasteiger charge is 2.33. The molecule has 2 rings (SSSR count). The molecule has 0 aliphatic heterocycles. The first-order valence-electron chi connectivity index (χ1n) is 6.16. The molecule has 2 aromatic rings. The normalized spacial score (nSPS) is 13.0. The fourth-order valence-electron chi connectivity index (χ4n) is 2.02. The molecular formula is C15H12BrClF3N. The largest absolute Gasteiger partial charge is 0.418 e. The van der Waals surface area contributed by atoms with Gasteiger partial charge in [0.1, 0.15) is 0 Å². The van der Waals surface area contributed by atoms with Gasteiger partial charge in [-0.3, -0.25) is 0 Å². The van der Waals surface area contributed by atoms with Crippen molar-refractivity contribution in [1.82, 2.24) is 0 Å². The van der Waals surface area contributed by atoms with Gasteiger partial charge in [0.05, 0.1) is 11.6 Å². The van der Waals surface area contributed by atoms with Gasteiger partial charge in [0.25, 0.3) is 0 Å². The molecule has 0 fully saturated rings. The zero-order chi connectivity index (χ0) is 15.6. The Labute approximate surface area is 134 Å². The van der Waals surface area contributed by atoms with Crippen LogP contribution in [0, 0.1) is 0 Å². The van der Waals surface area contributed by atoms with E-state index in [9.17, 15) is 13.2 Å². The lowest BCUT2D eigenvalue weighted by molar-refractivity contribution is -0.137. The van der Waals surface area contributed by atoms with Crippen LogP contribution in [0.3, 0.4) is 0 Å². The molecule has 6 heteroatoms. The minimum Gasteiger partial charge on any atom is -0.378 e. The smallest absolute Gasteiger partial charge is 0.378 e. The molecule has 0 spiro atoms. The molecule has 112 valence electrons. The number of anilines is 1. The topological polar surface area (TPSA) is 12.0 Å². The van der Waals surface area contributed by atoms with Crippen LogP contribution in [0.5, 0.6) is 0 Å². The van der Waals surface area contributed by atoms with Crippen molar-refractivity contribution in [2.24, 2.45) is 0 Å². The molecule has 1 atom stereocenters. The predicted molar refractivity (Wildman–Crippen MR) is 82.6 cm³/mol. The summed E-state index contributed by atoms with van der Waals surface area (Å²) in [5.41, 5.74) is 0.0819. The Kier molecular flexibility index (Phi) is 4.84. The third-order valence-corrected chi connectivity index (χ3v) is 3.85. The first-order chi connectivity index (χ1) is 9.79. The maximum atomic E-state index is 13.0. The van der Waals surface area contributed by atoms with Crippen molar-refractivity contribution in [1.29, 1.82) is 0 Å². The Morgan fingerprint density at radius 3 is 2.43 bits per heavy atom. The lowest BCUT2D eigenvalue weighted by atomic mass is 10.1. The molecule has 0 aliphatic carbocycles. The monoisotopic (exact) mass is 377 g/mol. The number of hydrogen-bond donors (Lipinski definition) is 1. The molecule has 1 nitrogen and oxygen atoms in total. The fraction of sp³-hybridized carbons (Fsp3) is 0.200. The van der Waals surface area contributed by atoms with Gasteiger partial charge in [-0.2, -0.15) is 13.2 Å². The summed E-state index contributed by atoms with van der Waals surface area (Å²) in [6.07, 6.45) is -4.40. The van der Waals surface area contributed by atoms with Crippen LogP contribution < -0.4 is 5.32 Å². The van der Waals surface area contributed by atoms with Crippen molar-refractivity contribution < 1.29 is 13.2 Å². The van der Waals surface area contributed by atoms with E-state index in [-0.39, 0.29) is 11.7 Å². The van der Waals surface area contributed by atoms with Crippen LogP contribution in [0.25, 0.3) is 0 Å². The summed E-state index contributed by atoms with van der Waals surface area (Å²) in [6, 6.07) is 10.3. The van der Waals surface area contributed by atoms with Crippen LogP contribution in [0.4, 0.5) is 18.9 Å².